The number of rotatable bonds is 0. The van der Waals surface area contributed by atoms with Crippen LogP contribution in [-0.4, -0.2) is 44.2 Å². The molecule has 1 rings (SSSR count). The van der Waals surface area contributed by atoms with E-state index in [1.807, 2.05) is 0 Å². The molecule has 0 saturated carbocycles. The van der Waals surface area contributed by atoms with Gasteiger partial charge in [-0.1, -0.05) is 0 Å². The average molecular weight is 188 g/mol. The summed E-state index contributed by atoms with van der Waals surface area (Å²) in [6.45, 7) is 0. The third kappa shape index (κ3) is 1.28. The maximum absolute atomic E-state index is 10.8. The van der Waals surface area contributed by atoms with Crippen LogP contribution in [0.25, 0.3) is 0 Å². The number of carboxylic acid groups (broad SMARTS) is 2. The summed E-state index contributed by atoms with van der Waals surface area (Å²) in [7, 11) is 0. The number of hydrogen-bond donors (Lipinski definition) is 2. The molecule has 0 spiro atoms. The predicted molar refractivity (Wildman–Crippen MR) is 34.4 cm³/mol. The van der Waals surface area contributed by atoms with Gasteiger partial charge in [-0.25, -0.2) is 9.59 Å². The maximum Gasteiger partial charge on any atom is 0.434 e. The molecule has 0 aromatic heterocycles. The molecule has 1 fully saturated rings. The lowest BCUT2D eigenvalue weighted by molar-refractivity contribution is -0.138. The molecule has 4 amide bonds. The zero-order valence-corrected chi connectivity index (χ0v) is 6.13. The van der Waals surface area contributed by atoms with Crippen LogP contribution in [0.5, 0.6) is 0 Å². The van der Waals surface area contributed by atoms with Gasteiger partial charge in [-0.15, -0.1) is 10.0 Å². The molecule has 0 aromatic carbocycles. The molecule has 2 N–H and O–H groups in total. The number of hydrazine groups is 1. The van der Waals surface area contributed by atoms with Crippen LogP contribution in [0.4, 0.5) is 9.59 Å². The topological polar surface area (TPSA) is 115 Å². The zero-order valence-electron chi connectivity index (χ0n) is 6.13. The van der Waals surface area contributed by atoms with Crippen molar-refractivity contribution in [2.24, 2.45) is 0 Å². The minimum absolute atomic E-state index is 0.134. The highest BCUT2D eigenvalue weighted by Crippen LogP contribution is 2.13. The first kappa shape index (κ1) is 8.97. The molecule has 1 aliphatic heterocycles. The molecule has 1 saturated heterocycles. The summed E-state index contributed by atoms with van der Waals surface area (Å²) >= 11 is 0. The largest absolute Gasteiger partial charge is 0.463 e. The van der Waals surface area contributed by atoms with Crippen LogP contribution >= 0.6 is 0 Å². The van der Waals surface area contributed by atoms with Crippen molar-refractivity contribution < 1.29 is 29.4 Å². The third-order valence-electron chi connectivity index (χ3n) is 1.34. The van der Waals surface area contributed by atoms with Gasteiger partial charge in [0.2, 0.25) is 0 Å². The van der Waals surface area contributed by atoms with E-state index in [1.165, 1.54) is 0 Å². The second-order valence-electron chi connectivity index (χ2n) is 2.15. The molecule has 0 aliphatic carbocycles. The Kier molecular flexibility index (Phi) is 1.89. The minimum Gasteiger partial charge on any atom is -0.463 e. The molecule has 1 aliphatic rings. The Balaban J connectivity index is 3.03. The fraction of sp³-hybridized carbons (Fsp3) is 0.200. The molecule has 70 valence electrons. The predicted octanol–water partition coefficient (Wildman–Crippen LogP) is -0.682. The fourth-order valence-electron chi connectivity index (χ4n) is 0.887. The standard InChI is InChI=1S/C5H4N2O6/c8-2-1-3(9)7(5(12)13)6(2)4(10)11/h1H2,(H,10,11)(H,12,13). The van der Waals surface area contributed by atoms with E-state index < -0.39 is 30.4 Å². The fourth-order valence-corrected chi connectivity index (χ4v) is 0.887. The summed E-state index contributed by atoms with van der Waals surface area (Å²) in [5, 5.41) is 16.5. The molecule has 1 heterocycles. The van der Waals surface area contributed by atoms with Crippen molar-refractivity contribution in [3.63, 3.8) is 0 Å². The van der Waals surface area contributed by atoms with Crippen LogP contribution in [0.3, 0.4) is 0 Å². The molecule has 0 atom stereocenters. The van der Waals surface area contributed by atoms with Crippen molar-refractivity contribution in [2.75, 3.05) is 0 Å². The summed E-state index contributed by atoms with van der Waals surface area (Å²) in [6, 6.07) is 0. The Bertz CT molecular complexity index is 280. The van der Waals surface area contributed by atoms with Crippen LogP contribution in [0.1, 0.15) is 6.42 Å². The van der Waals surface area contributed by atoms with Gasteiger partial charge in [-0.3, -0.25) is 9.59 Å². The van der Waals surface area contributed by atoms with Crippen LogP contribution in [-0.2, 0) is 9.59 Å². The van der Waals surface area contributed by atoms with Gasteiger partial charge in [0, 0.05) is 0 Å². The van der Waals surface area contributed by atoms with E-state index in [9.17, 15) is 19.2 Å². The van der Waals surface area contributed by atoms with Crippen molar-refractivity contribution in [1.82, 2.24) is 10.0 Å². The molecular weight excluding hydrogens is 184 g/mol. The van der Waals surface area contributed by atoms with Gasteiger partial charge in [0.15, 0.2) is 0 Å². The lowest BCUT2D eigenvalue weighted by Gasteiger charge is -2.17. The van der Waals surface area contributed by atoms with Crippen LogP contribution in [0.15, 0.2) is 0 Å². The Hall–Kier alpha value is -2.12. The quantitative estimate of drug-likeness (QED) is 0.486. The van der Waals surface area contributed by atoms with E-state index in [-0.39, 0.29) is 10.0 Å². The van der Waals surface area contributed by atoms with Gasteiger partial charge in [-0.05, 0) is 0 Å². The number of amides is 4. The van der Waals surface area contributed by atoms with Crippen LogP contribution < -0.4 is 0 Å². The summed E-state index contributed by atoms with van der Waals surface area (Å²) in [5.74, 6) is -2.14. The van der Waals surface area contributed by atoms with E-state index in [2.05, 4.69) is 0 Å². The molecule has 0 aromatic rings. The highest BCUT2D eigenvalue weighted by molar-refractivity contribution is 6.13. The summed E-state index contributed by atoms with van der Waals surface area (Å²) < 4.78 is 0. The number of imide groups is 2. The van der Waals surface area contributed by atoms with Gasteiger partial charge in [-0.2, -0.15) is 0 Å². The third-order valence-corrected chi connectivity index (χ3v) is 1.34. The SMILES string of the molecule is O=C(O)N1C(=O)CC(=O)N1C(=O)O. The Morgan fingerprint density at radius 1 is 1.00 bits per heavy atom. The monoisotopic (exact) mass is 188 g/mol. The maximum atomic E-state index is 10.8. The van der Waals surface area contributed by atoms with E-state index in [0.717, 1.165) is 0 Å². The molecule has 0 radical (unpaired) electrons. The smallest absolute Gasteiger partial charge is 0.434 e. The zero-order chi connectivity index (χ0) is 10.2. The molecule has 0 unspecified atom stereocenters. The first-order valence-electron chi connectivity index (χ1n) is 3.07. The molecule has 8 nitrogen and oxygen atoms in total. The van der Waals surface area contributed by atoms with Gasteiger partial charge in [0.1, 0.15) is 6.42 Å². The van der Waals surface area contributed by atoms with E-state index >= 15 is 0 Å². The van der Waals surface area contributed by atoms with Crippen molar-refractivity contribution in [3.05, 3.63) is 0 Å². The summed E-state index contributed by atoms with van der Waals surface area (Å²) in [6.07, 6.45) is -4.32. The molecule has 0 bridgehead atoms. The normalized spacial score (nSPS) is 16.6. The Morgan fingerprint density at radius 2 is 1.31 bits per heavy atom. The first-order chi connectivity index (χ1) is 5.95. The minimum atomic E-state index is -1.79. The van der Waals surface area contributed by atoms with Crippen molar-refractivity contribution in [3.8, 4) is 0 Å². The first-order valence-corrected chi connectivity index (χ1v) is 3.07. The van der Waals surface area contributed by atoms with Crippen molar-refractivity contribution in [1.29, 1.82) is 0 Å². The van der Waals surface area contributed by atoms with E-state index in [0.29, 0.717) is 0 Å². The number of carbonyl (C=O) groups is 4. The van der Waals surface area contributed by atoms with Gasteiger partial charge in [0.25, 0.3) is 11.8 Å². The Morgan fingerprint density at radius 3 is 1.54 bits per heavy atom. The van der Waals surface area contributed by atoms with Crippen LogP contribution in [0, 0.1) is 0 Å². The number of nitrogens with zero attached hydrogens (tertiary/aromatic N) is 2. The van der Waals surface area contributed by atoms with E-state index in [1.54, 1.807) is 0 Å². The van der Waals surface area contributed by atoms with Crippen molar-refractivity contribution in [2.45, 2.75) is 6.42 Å². The molecule has 8 heteroatoms. The number of hydrogen-bond acceptors (Lipinski definition) is 4. The summed E-state index contributed by atoms with van der Waals surface area (Å²) in [5.41, 5.74) is 0. The highest BCUT2D eigenvalue weighted by atomic mass is 16.4. The van der Waals surface area contributed by atoms with Gasteiger partial charge >= 0.3 is 12.2 Å². The van der Waals surface area contributed by atoms with Crippen LogP contribution in [0.2, 0.25) is 0 Å². The second-order valence-corrected chi connectivity index (χ2v) is 2.15. The molecule has 13 heavy (non-hydrogen) atoms. The number of carbonyl (C=O) groups excluding carboxylic acids is 2. The summed E-state index contributed by atoms with van der Waals surface area (Å²) in [4.78, 5) is 42.2. The van der Waals surface area contributed by atoms with Gasteiger partial charge in [0.05, 0.1) is 0 Å². The van der Waals surface area contributed by atoms with Crippen molar-refractivity contribution >= 4 is 24.0 Å². The highest BCUT2D eigenvalue weighted by Gasteiger charge is 2.44. The van der Waals surface area contributed by atoms with Gasteiger partial charge < -0.3 is 10.2 Å². The van der Waals surface area contributed by atoms with E-state index in [4.69, 9.17) is 10.2 Å². The lowest BCUT2D eigenvalue weighted by atomic mass is 10.4. The Labute approximate surface area is 70.9 Å². The average Bonchev–Trinajstić information content (AvgIpc) is 2.24. The molecular formula is C5H4N2O6. The second kappa shape index (κ2) is 2.73. The lowest BCUT2D eigenvalue weighted by Crippen LogP contribution is -2.47.